The Morgan fingerprint density at radius 2 is 1.45 bits per heavy atom. The zero-order valence-electron chi connectivity index (χ0n) is 35.9. The van der Waals surface area contributed by atoms with Crippen molar-refractivity contribution >= 4 is 59.4 Å². The Balaban J connectivity index is 0.000000330. The molecule has 3 aromatic heterocycles. The molecule has 1 radical (unpaired) electrons. The Hall–Kier alpha value is -3.15. The molecule has 3 heterocycles. The number of rotatable bonds is 11. The second-order valence-electron chi connectivity index (χ2n) is 17.3. The molecule has 0 bridgehead atoms. The number of nitrogens with zero attached hydrogens (tertiary/aromatic N) is 1. The van der Waals surface area contributed by atoms with Crippen LogP contribution in [-0.4, -0.2) is 15.9 Å². The average molecular weight is 965 g/mol. The number of benzene rings is 3. The van der Waals surface area contributed by atoms with E-state index in [0.717, 1.165) is 48.7 Å². The van der Waals surface area contributed by atoms with Gasteiger partial charge in [0.05, 0.1) is 0 Å². The minimum atomic E-state index is -0.337. The second kappa shape index (κ2) is 18.2. The van der Waals surface area contributed by atoms with Crippen molar-refractivity contribution in [2.24, 2.45) is 16.7 Å². The molecule has 3 aromatic carbocycles. The number of aromatic nitrogens is 1. The van der Waals surface area contributed by atoms with Crippen LogP contribution in [-0.2, 0) is 36.7 Å². The summed E-state index contributed by atoms with van der Waals surface area (Å²) < 4.78 is 2.66. The maximum atomic E-state index is 12.2. The maximum absolute atomic E-state index is 12.2. The topological polar surface area (TPSA) is 50.2 Å². The van der Waals surface area contributed by atoms with Gasteiger partial charge >= 0.3 is 0 Å². The van der Waals surface area contributed by atoms with Gasteiger partial charge in [-0.2, -0.15) is 0 Å². The molecule has 0 aliphatic rings. The number of aliphatic hydroxyl groups excluding tert-OH is 1. The van der Waals surface area contributed by atoms with Crippen LogP contribution in [0.5, 0.6) is 0 Å². The number of carbonyl (C=O) groups excluding carboxylic acids is 1. The van der Waals surface area contributed by atoms with E-state index >= 15 is 0 Å². The fourth-order valence-electron chi connectivity index (χ4n) is 7.39. The van der Waals surface area contributed by atoms with Gasteiger partial charge in [0.15, 0.2) is 5.78 Å². The van der Waals surface area contributed by atoms with Gasteiger partial charge < -0.3 is 5.11 Å². The molecule has 0 unspecified atom stereocenters. The molecule has 6 rings (SSSR count). The largest absolute Gasteiger partial charge is 0.512 e. The van der Waals surface area contributed by atoms with Crippen LogP contribution in [0.1, 0.15) is 123 Å². The number of allylic oxidation sites excluding steroid dienone is 2. The van der Waals surface area contributed by atoms with Crippen molar-refractivity contribution < 1.29 is 30.0 Å². The summed E-state index contributed by atoms with van der Waals surface area (Å²) >= 11 is 3.84. The Morgan fingerprint density at radius 1 is 0.821 bits per heavy atom. The number of ketones is 1. The normalized spacial score (nSPS) is 12.6. The van der Waals surface area contributed by atoms with E-state index < -0.39 is 0 Å². The van der Waals surface area contributed by atoms with Gasteiger partial charge in [0.2, 0.25) is 0 Å². The van der Waals surface area contributed by atoms with Gasteiger partial charge in [-0.3, -0.25) is 9.78 Å². The minimum Gasteiger partial charge on any atom is -0.512 e. The fourth-order valence-corrected chi connectivity index (χ4v) is 9.99. The van der Waals surface area contributed by atoms with Crippen LogP contribution >= 0.6 is 22.7 Å². The molecule has 1 N–H and O–H groups in total. The van der Waals surface area contributed by atoms with Crippen molar-refractivity contribution in [2.75, 3.05) is 0 Å². The molecule has 0 saturated carbocycles. The Morgan fingerprint density at radius 3 is 2.05 bits per heavy atom. The van der Waals surface area contributed by atoms with E-state index in [0.29, 0.717) is 5.92 Å². The molecular weight excluding hydrogens is 903 g/mol. The van der Waals surface area contributed by atoms with Gasteiger partial charge in [-0.1, -0.05) is 124 Å². The molecular formula is C50H62IrNO2S2-. The SMILES string of the molecule is CCC(C)(CC)C(=O)/C=C(\O)C(C)(CC)CC.Cc1sc2c(-c3sc4c(-c5[c-]c6ccccc6c(C(C)(C)C)c5)nccc4c3C)cccc2c1CC(C)C.[Ir]. The summed E-state index contributed by atoms with van der Waals surface area (Å²) in [6.07, 6.45) is 7.85. The summed E-state index contributed by atoms with van der Waals surface area (Å²) in [6.45, 7) is 28.1. The summed E-state index contributed by atoms with van der Waals surface area (Å²) in [6, 6.07) is 23.7. The van der Waals surface area contributed by atoms with Gasteiger partial charge in [0.25, 0.3) is 0 Å². The average Bonchev–Trinajstić information content (AvgIpc) is 3.68. The molecule has 6 heteroatoms. The van der Waals surface area contributed by atoms with Crippen LogP contribution in [0.25, 0.3) is 52.6 Å². The maximum Gasteiger partial charge on any atom is 0.164 e. The summed E-state index contributed by atoms with van der Waals surface area (Å²) in [7, 11) is 0. The molecule has 0 spiro atoms. The van der Waals surface area contributed by atoms with E-state index in [1.807, 2.05) is 70.4 Å². The molecule has 0 amide bonds. The number of carbonyl (C=O) groups is 1. The Labute approximate surface area is 358 Å². The van der Waals surface area contributed by atoms with Crippen molar-refractivity contribution in [2.45, 2.75) is 128 Å². The summed E-state index contributed by atoms with van der Waals surface area (Å²) in [4.78, 5) is 19.9. The van der Waals surface area contributed by atoms with E-state index in [1.165, 1.54) is 63.6 Å². The molecule has 6 aromatic rings. The van der Waals surface area contributed by atoms with E-state index in [4.69, 9.17) is 4.98 Å². The van der Waals surface area contributed by atoms with Gasteiger partial charge in [-0.15, -0.1) is 51.8 Å². The first-order valence-electron chi connectivity index (χ1n) is 20.2. The van der Waals surface area contributed by atoms with Crippen molar-refractivity contribution in [1.82, 2.24) is 4.98 Å². The Bertz CT molecular complexity index is 2340. The zero-order valence-corrected chi connectivity index (χ0v) is 39.9. The number of hydrogen-bond acceptors (Lipinski definition) is 5. The minimum absolute atomic E-state index is 0. The summed E-state index contributed by atoms with van der Waals surface area (Å²) in [5.41, 5.74) is 7.09. The number of aliphatic hydroxyl groups is 1. The monoisotopic (exact) mass is 965 g/mol. The third kappa shape index (κ3) is 9.10. The van der Waals surface area contributed by atoms with Crippen molar-refractivity contribution in [3.05, 3.63) is 100 Å². The van der Waals surface area contributed by atoms with Crippen molar-refractivity contribution in [3.8, 4) is 21.7 Å². The zero-order chi connectivity index (χ0) is 40.5. The molecule has 0 aliphatic carbocycles. The number of fused-ring (bicyclic) bond motifs is 3. The van der Waals surface area contributed by atoms with Crippen molar-refractivity contribution in [3.63, 3.8) is 0 Å². The third-order valence-corrected chi connectivity index (χ3v) is 14.7. The molecule has 56 heavy (non-hydrogen) atoms. The first-order valence-corrected chi connectivity index (χ1v) is 21.9. The van der Waals surface area contributed by atoms with E-state index in [1.54, 1.807) is 0 Å². The molecule has 301 valence electrons. The molecule has 3 nitrogen and oxygen atoms in total. The fraction of sp³-hybridized carbons (Fsp3) is 0.440. The number of thiophene rings is 2. The molecule has 0 aliphatic heterocycles. The quantitative estimate of drug-likeness (QED) is 0.0800. The van der Waals surface area contributed by atoms with Gasteiger partial charge in [-0.05, 0) is 85.3 Å². The third-order valence-electron chi connectivity index (χ3n) is 12.2. The molecule has 0 fully saturated rings. The van der Waals surface area contributed by atoms with E-state index in [9.17, 15) is 9.90 Å². The van der Waals surface area contributed by atoms with E-state index in [-0.39, 0.29) is 47.9 Å². The molecule has 0 saturated heterocycles. The van der Waals surface area contributed by atoms with Crippen molar-refractivity contribution in [1.29, 1.82) is 0 Å². The number of hydrogen-bond donors (Lipinski definition) is 1. The summed E-state index contributed by atoms with van der Waals surface area (Å²) in [5.74, 6) is 0.930. The smallest absolute Gasteiger partial charge is 0.164 e. The predicted octanol–water partition coefficient (Wildman–Crippen LogP) is 15.6. The van der Waals surface area contributed by atoms with Crippen LogP contribution in [0.15, 0.2) is 72.6 Å². The standard InChI is InChI=1S/C35H34NS2.C15H28O2.Ir/c1-20(2)17-29-22(4)37-33-27(29)13-10-14-28(33)32-21(3)25-15-16-36-31(34(25)38-32)24-18-23-11-8-9-12-26(23)30(19-24)35(5,6)7;1-7-14(5,8-2)12(16)11-13(17)15(6,9-3)10-4;/h8-16,19-20H,17H2,1-7H3;11,16H,7-10H2,1-6H3;/q-1;;/b;12-11-;. The first kappa shape index (κ1) is 45.6. The number of aryl methyl sites for hydroxylation is 2. The van der Waals surface area contributed by atoms with Crippen LogP contribution < -0.4 is 0 Å². The van der Waals surface area contributed by atoms with Crippen LogP contribution in [0, 0.1) is 36.7 Å². The van der Waals surface area contributed by atoms with Crippen LogP contribution in [0.3, 0.4) is 0 Å². The first-order chi connectivity index (χ1) is 25.9. The number of pyridine rings is 1. The van der Waals surface area contributed by atoms with Gasteiger partial charge in [-0.25, -0.2) is 0 Å². The van der Waals surface area contributed by atoms with Crippen LogP contribution in [0.4, 0.5) is 0 Å². The van der Waals surface area contributed by atoms with Crippen LogP contribution in [0.2, 0.25) is 0 Å². The summed E-state index contributed by atoms with van der Waals surface area (Å²) in [5, 5.41) is 15.3. The second-order valence-corrected chi connectivity index (χ2v) is 19.6. The van der Waals surface area contributed by atoms with Gasteiger partial charge in [0, 0.05) is 73.6 Å². The molecule has 0 atom stereocenters. The van der Waals surface area contributed by atoms with Gasteiger partial charge in [0.1, 0.15) is 5.76 Å². The van der Waals surface area contributed by atoms with E-state index in [2.05, 4.69) is 109 Å². The Kier molecular flexibility index (Phi) is 14.8. The predicted molar refractivity (Wildman–Crippen MR) is 242 cm³/mol.